The van der Waals surface area contributed by atoms with E-state index < -0.39 is 97.5 Å². The van der Waals surface area contributed by atoms with Crippen LogP contribution < -0.4 is 0 Å². The van der Waals surface area contributed by atoms with Crippen LogP contribution in [0.5, 0.6) is 0 Å². The van der Waals surface area contributed by atoms with Gasteiger partial charge in [-0.25, -0.2) is 9.13 Å². The minimum atomic E-state index is -4.95. The van der Waals surface area contributed by atoms with Crippen molar-refractivity contribution < 1.29 is 80.2 Å². The Morgan fingerprint density at radius 2 is 0.535 bits per heavy atom. The lowest BCUT2D eigenvalue weighted by Crippen LogP contribution is -2.30. The number of phosphoric ester groups is 2. The molecule has 0 heterocycles. The van der Waals surface area contributed by atoms with E-state index in [2.05, 4.69) is 41.5 Å². The Morgan fingerprint density at radius 3 is 0.791 bits per heavy atom. The molecule has 0 rings (SSSR count). The summed E-state index contributed by atoms with van der Waals surface area (Å²) < 4.78 is 68.0. The average molecular weight is 1270 g/mol. The zero-order valence-corrected chi connectivity index (χ0v) is 57.4. The molecule has 0 aliphatic carbocycles. The summed E-state index contributed by atoms with van der Waals surface area (Å²) in [6, 6.07) is 0. The number of aliphatic hydroxyl groups is 1. The molecule has 86 heavy (non-hydrogen) atoms. The van der Waals surface area contributed by atoms with E-state index in [9.17, 15) is 43.2 Å². The second kappa shape index (κ2) is 59.4. The first-order valence-corrected chi connectivity index (χ1v) is 38.0. The minimum absolute atomic E-state index is 0.103. The molecule has 19 heteroatoms. The molecule has 5 atom stereocenters. The van der Waals surface area contributed by atoms with Gasteiger partial charge in [-0.3, -0.25) is 37.3 Å². The summed E-state index contributed by atoms with van der Waals surface area (Å²) in [6.07, 6.45) is 43.2. The highest BCUT2D eigenvalue weighted by Gasteiger charge is 2.30. The van der Waals surface area contributed by atoms with E-state index in [4.69, 9.17) is 37.0 Å². The van der Waals surface area contributed by atoms with Crippen molar-refractivity contribution in [1.82, 2.24) is 0 Å². The summed E-state index contributed by atoms with van der Waals surface area (Å²) in [5, 5.41) is 10.5. The van der Waals surface area contributed by atoms with Crippen LogP contribution in [0, 0.1) is 11.8 Å². The average Bonchev–Trinajstić information content (AvgIpc) is 3.62. The van der Waals surface area contributed by atoms with E-state index in [0.29, 0.717) is 31.6 Å². The Morgan fingerprint density at radius 1 is 0.314 bits per heavy atom. The number of ether oxygens (including phenoxy) is 4. The molecular formula is C67H130O17P2. The van der Waals surface area contributed by atoms with E-state index in [1.165, 1.54) is 141 Å². The van der Waals surface area contributed by atoms with Crippen molar-refractivity contribution in [3.8, 4) is 0 Å². The fourth-order valence-corrected chi connectivity index (χ4v) is 11.6. The van der Waals surface area contributed by atoms with Gasteiger partial charge in [0.2, 0.25) is 0 Å². The molecule has 0 aromatic rings. The van der Waals surface area contributed by atoms with Crippen LogP contribution in [0.3, 0.4) is 0 Å². The van der Waals surface area contributed by atoms with E-state index in [1.54, 1.807) is 0 Å². The maximum Gasteiger partial charge on any atom is 0.472 e. The van der Waals surface area contributed by atoms with Crippen LogP contribution in [0.15, 0.2) is 0 Å². The van der Waals surface area contributed by atoms with Crippen LogP contribution in [0.4, 0.5) is 0 Å². The third kappa shape index (κ3) is 60.9. The molecule has 0 aromatic carbocycles. The van der Waals surface area contributed by atoms with Crippen LogP contribution in [0.25, 0.3) is 0 Å². The standard InChI is InChI=1S/C67H130O17P2/c1-7-9-11-13-15-16-17-18-19-20-23-27-33-39-45-51-66(71)83-63(56-78-65(70)50-44-38-32-26-24-21-22-25-30-35-41-47-59(3)4)58-82-86(75,76)80-54-61(68)53-79-85(73,74)81-57-62(55-77-64(69)49-43-37-29-14-12-10-8-2)84-67(72)52-46-40-34-28-31-36-42-48-60(5)6/h59-63,68H,7-58H2,1-6H3,(H,73,74)(H,75,76)/t61-,62+,63+/m0/s1. The number of rotatable bonds is 66. The smallest absolute Gasteiger partial charge is 0.462 e. The van der Waals surface area contributed by atoms with Gasteiger partial charge in [0.05, 0.1) is 26.4 Å². The molecule has 0 aliphatic rings. The molecule has 0 aliphatic heterocycles. The van der Waals surface area contributed by atoms with Crippen LogP contribution in [0.1, 0.15) is 337 Å². The largest absolute Gasteiger partial charge is 0.472 e. The Kier molecular flexibility index (Phi) is 58.0. The highest BCUT2D eigenvalue weighted by Crippen LogP contribution is 2.45. The third-order valence-electron chi connectivity index (χ3n) is 15.5. The summed E-state index contributed by atoms with van der Waals surface area (Å²) in [7, 11) is -9.89. The molecular weight excluding hydrogens is 1140 g/mol. The Labute approximate surface area is 524 Å². The first-order chi connectivity index (χ1) is 41.4. The summed E-state index contributed by atoms with van der Waals surface area (Å²) in [4.78, 5) is 72.2. The predicted octanol–water partition coefficient (Wildman–Crippen LogP) is 18.8. The highest BCUT2D eigenvalue weighted by molar-refractivity contribution is 7.47. The van der Waals surface area contributed by atoms with Gasteiger partial charge in [0.15, 0.2) is 12.2 Å². The molecule has 0 amide bonds. The number of esters is 4. The molecule has 0 fully saturated rings. The topological polar surface area (TPSA) is 237 Å². The van der Waals surface area contributed by atoms with Crippen molar-refractivity contribution in [2.24, 2.45) is 11.8 Å². The molecule has 0 spiro atoms. The highest BCUT2D eigenvalue weighted by atomic mass is 31.2. The van der Waals surface area contributed by atoms with E-state index in [1.807, 2.05) is 0 Å². The minimum Gasteiger partial charge on any atom is -0.462 e. The second-order valence-corrected chi connectivity index (χ2v) is 28.1. The normalized spacial score (nSPS) is 14.2. The quantitative estimate of drug-likeness (QED) is 0.0222. The maximum atomic E-state index is 13.0. The van der Waals surface area contributed by atoms with Gasteiger partial charge < -0.3 is 33.8 Å². The summed E-state index contributed by atoms with van der Waals surface area (Å²) >= 11 is 0. The molecule has 0 saturated heterocycles. The number of unbranched alkanes of at least 4 members (excludes halogenated alkanes) is 36. The van der Waals surface area contributed by atoms with Gasteiger partial charge in [0.25, 0.3) is 0 Å². The van der Waals surface area contributed by atoms with E-state index >= 15 is 0 Å². The molecule has 3 N–H and O–H groups in total. The maximum absolute atomic E-state index is 13.0. The van der Waals surface area contributed by atoms with Gasteiger partial charge in [0, 0.05) is 25.7 Å². The third-order valence-corrected chi connectivity index (χ3v) is 17.4. The number of carbonyl (C=O) groups excluding carboxylic acids is 4. The lowest BCUT2D eigenvalue weighted by Gasteiger charge is -2.21. The first kappa shape index (κ1) is 84.1. The van der Waals surface area contributed by atoms with Gasteiger partial charge in [-0.15, -0.1) is 0 Å². The Bertz CT molecular complexity index is 1680. The number of aliphatic hydroxyl groups excluding tert-OH is 1. The Hall–Kier alpha value is -1.94. The lowest BCUT2D eigenvalue weighted by atomic mass is 10.0. The first-order valence-electron chi connectivity index (χ1n) is 35.0. The Balaban J connectivity index is 5.21. The summed E-state index contributed by atoms with van der Waals surface area (Å²) in [5.41, 5.74) is 0. The molecule has 510 valence electrons. The van der Waals surface area contributed by atoms with Crippen molar-refractivity contribution in [3.05, 3.63) is 0 Å². The fraction of sp³-hybridized carbons (Fsp3) is 0.940. The molecule has 17 nitrogen and oxygen atoms in total. The van der Waals surface area contributed by atoms with Crippen LogP contribution >= 0.6 is 15.6 Å². The molecule has 0 aromatic heterocycles. The van der Waals surface area contributed by atoms with Crippen molar-refractivity contribution in [1.29, 1.82) is 0 Å². The predicted molar refractivity (Wildman–Crippen MR) is 345 cm³/mol. The monoisotopic (exact) mass is 1270 g/mol. The fourth-order valence-electron chi connectivity index (χ4n) is 10.1. The van der Waals surface area contributed by atoms with Gasteiger partial charge in [-0.2, -0.15) is 0 Å². The summed E-state index contributed by atoms with van der Waals surface area (Å²) in [5.74, 6) is -0.667. The molecule has 0 bridgehead atoms. The van der Waals surface area contributed by atoms with Gasteiger partial charge >= 0.3 is 39.5 Å². The SMILES string of the molecule is CCCCCCCCCCCCCCCCCC(=O)O[C@H](COC(=O)CCCCCCCCCCCCCC(C)C)COP(=O)(O)OC[C@@H](O)COP(=O)(O)OC[C@@H](COC(=O)CCCCCCCCC)OC(=O)CCCCCCCCCC(C)C. The molecule has 0 radical (unpaired) electrons. The van der Waals surface area contributed by atoms with Crippen LogP contribution in [-0.2, 0) is 65.4 Å². The second-order valence-electron chi connectivity index (χ2n) is 25.2. The zero-order chi connectivity index (χ0) is 63.6. The number of hydrogen-bond acceptors (Lipinski definition) is 15. The zero-order valence-electron chi connectivity index (χ0n) is 55.6. The van der Waals surface area contributed by atoms with Gasteiger partial charge in [0.1, 0.15) is 19.3 Å². The lowest BCUT2D eigenvalue weighted by molar-refractivity contribution is -0.161. The van der Waals surface area contributed by atoms with Crippen molar-refractivity contribution in [3.63, 3.8) is 0 Å². The van der Waals surface area contributed by atoms with Gasteiger partial charge in [-0.05, 0) is 37.5 Å². The number of carbonyl (C=O) groups is 4. The van der Waals surface area contributed by atoms with Crippen LogP contribution in [-0.4, -0.2) is 96.7 Å². The number of hydrogen-bond donors (Lipinski definition) is 3. The number of phosphoric acid groups is 2. The van der Waals surface area contributed by atoms with Crippen molar-refractivity contribution >= 4 is 39.5 Å². The van der Waals surface area contributed by atoms with Crippen LogP contribution in [0.2, 0.25) is 0 Å². The molecule has 0 saturated carbocycles. The summed E-state index contributed by atoms with van der Waals surface area (Å²) in [6.45, 7) is 9.43. The van der Waals surface area contributed by atoms with E-state index in [0.717, 1.165) is 109 Å². The van der Waals surface area contributed by atoms with Crippen molar-refractivity contribution in [2.45, 2.75) is 355 Å². The van der Waals surface area contributed by atoms with Gasteiger partial charge in [-0.1, -0.05) is 286 Å². The molecule has 2 unspecified atom stereocenters. The van der Waals surface area contributed by atoms with Crippen molar-refractivity contribution in [2.75, 3.05) is 39.6 Å². The van der Waals surface area contributed by atoms with E-state index in [-0.39, 0.29) is 25.7 Å².